The van der Waals surface area contributed by atoms with E-state index in [9.17, 15) is 5.11 Å². The Hall–Kier alpha value is -1.02. The van der Waals surface area contributed by atoms with Gasteiger partial charge in [0.1, 0.15) is 5.75 Å². The van der Waals surface area contributed by atoms with Gasteiger partial charge in [-0.15, -0.1) is 0 Å². The second-order valence-corrected chi connectivity index (χ2v) is 5.68. The number of hydrogen-bond acceptors (Lipinski definition) is 2. The molecule has 2 atom stereocenters. The molecule has 1 N–H and O–H groups in total. The van der Waals surface area contributed by atoms with Crippen LogP contribution in [0.4, 0.5) is 0 Å². The predicted octanol–water partition coefficient (Wildman–Crippen LogP) is 3.11. The quantitative estimate of drug-likeness (QED) is 0.802. The molecule has 1 heterocycles. The van der Waals surface area contributed by atoms with E-state index >= 15 is 0 Å². The molecule has 2 aliphatic rings. The van der Waals surface area contributed by atoms with Crippen LogP contribution in [0, 0.1) is 5.92 Å². The lowest BCUT2D eigenvalue weighted by Crippen LogP contribution is -2.29. The van der Waals surface area contributed by atoms with Gasteiger partial charge in [-0.05, 0) is 61.4 Å². The van der Waals surface area contributed by atoms with Gasteiger partial charge in [0, 0.05) is 12.6 Å². The maximum atomic E-state index is 9.68. The summed E-state index contributed by atoms with van der Waals surface area (Å²) in [5.74, 6) is 1.25. The van der Waals surface area contributed by atoms with Crippen LogP contribution in [0.2, 0.25) is 0 Å². The predicted molar refractivity (Wildman–Crippen MR) is 69.1 cm³/mol. The maximum Gasteiger partial charge on any atom is 0.115 e. The molecule has 0 spiro atoms. The normalized spacial score (nSPS) is 29.2. The van der Waals surface area contributed by atoms with Crippen molar-refractivity contribution in [2.45, 2.75) is 38.6 Å². The highest BCUT2D eigenvalue weighted by Gasteiger charge is 2.30. The Morgan fingerprint density at radius 2 is 2.18 bits per heavy atom. The average Bonchev–Trinajstić information content (AvgIpc) is 2.75. The molecule has 0 radical (unpaired) electrons. The molecule has 92 valence electrons. The van der Waals surface area contributed by atoms with Gasteiger partial charge < -0.3 is 5.11 Å². The number of benzene rings is 1. The molecular weight excluding hydrogens is 210 g/mol. The van der Waals surface area contributed by atoms with E-state index in [4.69, 9.17) is 0 Å². The van der Waals surface area contributed by atoms with Gasteiger partial charge in [0.15, 0.2) is 0 Å². The van der Waals surface area contributed by atoms with Crippen molar-refractivity contribution < 1.29 is 5.11 Å². The van der Waals surface area contributed by atoms with Gasteiger partial charge in [0.05, 0.1) is 0 Å². The highest BCUT2D eigenvalue weighted by Crippen LogP contribution is 2.38. The Balaban J connectivity index is 1.90. The van der Waals surface area contributed by atoms with E-state index in [1.54, 1.807) is 0 Å². The molecule has 0 saturated carbocycles. The largest absolute Gasteiger partial charge is 0.508 e. The average molecular weight is 231 g/mol. The van der Waals surface area contributed by atoms with Crippen LogP contribution in [-0.2, 0) is 6.42 Å². The van der Waals surface area contributed by atoms with E-state index in [2.05, 4.69) is 17.9 Å². The van der Waals surface area contributed by atoms with Crippen LogP contribution in [-0.4, -0.2) is 23.1 Å². The Morgan fingerprint density at radius 1 is 1.29 bits per heavy atom. The monoisotopic (exact) mass is 231 g/mol. The molecule has 2 heteroatoms. The SMILES string of the molecule is CC1CCN(C2CCCc3ccc(O)cc32)C1. The van der Waals surface area contributed by atoms with Gasteiger partial charge in [-0.3, -0.25) is 4.90 Å². The Bertz CT molecular complexity index is 415. The molecule has 1 aliphatic heterocycles. The lowest BCUT2D eigenvalue weighted by Gasteiger charge is -2.33. The lowest BCUT2D eigenvalue weighted by molar-refractivity contribution is 0.215. The van der Waals surface area contributed by atoms with Gasteiger partial charge >= 0.3 is 0 Å². The minimum absolute atomic E-state index is 0.419. The summed E-state index contributed by atoms with van der Waals surface area (Å²) in [7, 11) is 0. The van der Waals surface area contributed by atoms with E-state index < -0.39 is 0 Å². The second kappa shape index (κ2) is 4.34. The molecule has 1 aromatic carbocycles. The van der Waals surface area contributed by atoms with Crippen LogP contribution in [0.1, 0.15) is 43.4 Å². The topological polar surface area (TPSA) is 23.5 Å². The number of phenols is 1. The number of aryl methyl sites for hydroxylation is 1. The molecule has 2 unspecified atom stereocenters. The second-order valence-electron chi connectivity index (χ2n) is 5.68. The van der Waals surface area contributed by atoms with Crippen molar-refractivity contribution in [1.82, 2.24) is 4.90 Å². The minimum Gasteiger partial charge on any atom is -0.508 e. The van der Waals surface area contributed by atoms with Crippen LogP contribution in [0.15, 0.2) is 18.2 Å². The zero-order valence-electron chi connectivity index (χ0n) is 10.5. The fraction of sp³-hybridized carbons (Fsp3) is 0.600. The third-order valence-corrected chi connectivity index (χ3v) is 4.31. The molecule has 3 rings (SSSR count). The summed E-state index contributed by atoms with van der Waals surface area (Å²) in [6.07, 6.45) is 5.04. The van der Waals surface area contributed by atoms with Crippen molar-refractivity contribution in [3.05, 3.63) is 29.3 Å². The summed E-state index contributed by atoms with van der Waals surface area (Å²) < 4.78 is 0. The number of phenolic OH excluding ortho intramolecular Hbond substituents is 1. The van der Waals surface area contributed by atoms with E-state index in [0.717, 1.165) is 5.92 Å². The molecule has 1 aromatic rings. The summed E-state index contributed by atoms with van der Waals surface area (Å²) in [5, 5.41) is 9.68. The van der Waals surface area contributed by atoms with Crippen molar-refractivity contribution in [3.8, 4) is 5.75 Å². The molecule has 1 fully saturated rings. The molecule has 0 aromatic heterocycles. The summed E-state index contributed by atoms with van der Waals surface area (Å²) in [6.45, 7) is 4.78. The van der Waals surface area contributed by atoms with Crippen molar-refractivity contribution >= 4 is 0 Å². The Morgan fingerprint density at radius 3 is 2.94 bits per heavy atom. The maximum absolute atomic E-state index is 9.68. The summed E-state index contributed by atoms with van der Waals surface area (Å²) >= 11 is 0. The van der Waals surface area contributed by atoms with Gasteiger partial charge in [0.2, 0.25) is 0 Å². The Kier molecular flexibility index (Phi) is 2.83. The molecule has 1 aliphatic carbocycles. The van der Waals surface area contributed by atoms with Crippen LogP contribution in [0.3, 0.4) is 0 Å². The Labute approximate surface area is 103 Å². The van der Waals surface area contributed by atoms with Gasteiger partial charge in [-0.2, -0.15) is 0 Å². The van der Waals surface area contributed by atoms with Crippen LogP contribution in [0.25, 0.3) is 0 Å². The minimum atomic E-state index is 0.419. The van der Waals surface area contributed by atoms with E-state index in [1.165, 1.54) is 49.9 Å². The molecule has 2 nitrogen and oxygen atoms in total. The third kappa shape index (κ3) is 2.06. The zero-order chi connectivity index (χ0) is 11.8. The zero-order valence-corrected chi connectivity index (χ0v) is 10.5. The molecule has 0 bridgehead atoms. The number of rotatable bonds is 1. The first-order valence-electron chi connectivity index (χ1n) is 6.80. The van der Waals surface area contributed by atoms with Gasteiger partial charge in [-0.1, -0.05) is 13.0 Å². The summed E-state index contributed by atoms with van der Waals surface area (Å²) in [5.41, 5.74) is 2.82. The fourth-order valence-electron chi connectivity index (χ4n) is 3.39. The van der Waals surface area contributed by atoms with E-state index in [-0.39, 0.29) is 0 Å². The van der Waals surface area contributed by atoms with Crippen molar-refractivity contribution in [3.63, 3.8) is 0 Å². The van der Waals surface area contributed by atoms with E-state index in [0.29, 0.717) is 11.8 Å². The fourth-order valence-corrected chi connectivity index (χ4v) is 3.39. The number of fused-ring (bicyclic) bond motifs is 1. The highest BCUT2D eigenvalue weighted by molar-refractivity contribution is 5.38. The molecule has 17 heavy (non-hydrogen) atoms. The summed E-state index contributed by atoms with van der Waals surface area (Å²) in [6, 6.07) is 6.47. The number of likely N-dealkylation sites (tertiary alicyclic amines) is 1. The number of aromatic hydroxyl groups is 1. The van der Waals surface area contributed by atoms with Gasteiger partial charge in [-0.25, -0.2) is 0 Å². The van der Waals surface area contributed by atoms with Crippen molar-refractivity contribution in [2.75, 3.05) is 13.1 Å². The van der Waals surface area contributed by atoms with Gasteiger partial charge in [0.25, 0.3) is 0 Å². The lowest BCUT2D eigenvalue weighted by atomic mass is 9.86. The van der Waals surface area contributed by atoms with Crippen LogP contribution < -0.4 is 0 Å². The third-order valence-electron chi connectivity index (χ3n) is 4.31. The molecular formula is C15H21NO. The van der Waals surface area contributed by atoms with Crippen LogP contribution >= 0.6 is 0 Å². The number of nitrogens with zero attached hydrogens (tertiary/aromatic N) is 1. The first-order valence-corrected chi connectivity index (χ1v) is 6.80. The van der Waals surface area contributed by atoms with Crippen molar-refractivity contribution in [1.29, 1.82) is 0 Å². The standard InChI is InChI=1S/C15H21NO/c1-11-7-8-16(10-11)15-4-2-3-12-5-6-13(17)9-14(12)15/h5-6,9,11,15,17H,2-4,7-8,10H2,1H3. The van der Waals surface area contributed by atoms with Crippen LogP contribution in [0.5, 0.6) is 5.75 Å². The van der Waals surface area contributed by atoms with E-state index in [1.807, 2.05) is 12.1 Å². The first kappa shape index (κ1) is 11.1. The number of hydrogen-bond donors (Lipinski definition) is 1. The highest BCUT2D eigenvalue weighted by atomic mass is 16.3. The summed E-state index contributed by atoms with van der Waals surface area (Å²) in [4.78, 5) is 2.61. The molecule has 0 amide bonds. The molecule has 1 saturated heterocycles. The van der Waals surface area contributed by atoms with Crippen molar-refractivity contribution in [2.24, 2.45) is 5.92 Å². The smallest absolute Gasteiger partial charge is 0.115 e. The first-order chi connectivity index (χ1) is 8.24.